The topological polar surface area (TPSA) is 59.5 Å². The standard InChI is InChI=1S/C19H20N2O3/c1-24-17-4-2-14(3-5-17)18(22)15-8-12-21(13-9-15)19(23)16-6-10-20-11-7-16/h2-7,10-11,15H,8-9,12-13H2,1H3. The van der Waals surface area contributed by atoms with Crippen LogP contribution in [0.1, 0.15) is 33.6 Å². The molecule has 0 bridgehead atoms. The van der Waals surface area contributed by atoms with Gasteiger partial charge in [0.15, 0.2) is 5.78 Å². The van der Waals surface area contributed by atoms with E-state index in [9.17, 15) is 9.59 Å². The molecule has 3 rings (SSSR count). The molecule has 1 amide bonds. The molecular formula is C19H20N2O3. The molecule has 0 N–H and O–H groups in total. The molecule has 1 aromatic heterocycles. The lowest BCUT2D eigenvalue weighted by molar-refractivity contribution is 0.0650. The first-order valence-electron chi connectivity index (χ1n) is 8.06. The van der Waals surface area contributed by atoms with Crippen LogP contribution in [-0.4, -0.2) is 41.8 Å². The minimum atomic E-state index is -0.0279. The highest BCUT2D eigenvalue weighted by atomic mass is 16.5. The van der Waals surface area contributed by atoms with E-state index >= 15 is 0 Å². The van der Waals surface area contributed by atoms with E-state index in [1.165, 1.54) is 0 Å². The molecule has 0 saturated carbocycles. The summed E-state index contributed by atoms with van der Waals surface area (Å²) >= 11 is 0. The summed E-state index contributed by atoms with van der Waals surface area (Å²) in [5.41, 5.74) is 1.35. The lowest BCUT2D eigenvalue weighted by Crippen LogP contribution is -2.40. The zero-order chi connectivity index (χ0) is 16.9. The summed E-state index contributed by atoms with van der Waals surface area (Å²) < 4.78 is 5.12. The van der Waals surface area contributed by atoms with Gasteiger partial charge in [0.2, 0.25) is 0 Å². The van der Waals surface area contributed by atoms with Gasteiger partial charge in [-0.2, -0.15) is 0 Å². The first kappa shape index (κ1) is 16.2. The van der Waals surface area contributed by atoms with Crippen molar-refractivity contribution in [1.29, 1.82) is 0 Å². The molecule has 124 valence electrons. The highest BCUT2D eigenvalue weighted by Crippen LogP contribution is 2.24. The van der Waals surface area contributed by atoms with E-state index in [0.717, 1.165) is 5.75 Å². The van der Waals surface area contributed by atoms with E-state index in [0.29, 0.717) is 37.1 Å². The second-order valence-corrected chi connectivity index (χ2v) is 5.90. The van der Waals surface area contributed by atoms with Gasteiger partial charge in [-0.3, -0.25) is 14.6 Å². The van der Waals surface area contributed by atoms with Crippen molar-refractivity contribution < 1.29 is 14.3 Å². The Hall–Kier alpha value is -2.69. The Morgan fingerprint density at radius 2 is 1.62 bits per heavy atom. The summed E-state index contributed by atoms with van der Waals surface area (Å²) in [6.07, 6.45) is 4.63. The molecule has 0 atom stereocenters. The largest absolute Gasteiger partial charge is 0.497 e. The van der Waals surface area contributed by atoms with E-state index < -0.39 is 0 Å². The second kappa shape index (κ2) is 7.25. The Morgan fingerprint density at radius 3 is 2.21 bits per heavy atom. The predicted molar refractivity (Wildman–Crippen MR) is 90.2 cm³/mol. The van der Waals surface area contributed by atoms with E-state index in [1.807, 2.05) is 4.90 Å². The zero-order valence-electron chi connectivity index (χ0n) is 13.6. The molecule has 5 nitrogen and oxygen atoms in total. The van der Waals surface area contributed by atoms with Crippen molar-refractivity contribution in [3.8, 4) is 5.75 Å². The fourth-order valence-electron chi connectivity index (χ4n) is 3.01. The predicted octanol–water partition coefficient (Wildman–Crippen LogP) is 2.83. The summed E-state index contributed by atoms with van der Waals surface area (Å²) in [6, 6.07) is 10.6. The molecule has 2 heterocycles. The maximum atomic E-state index is 12.6. The molecule has 1 aliphatic rings. The summed E-state index contributed by atoms with van der Waals surface area (Å²) in [6.45, 7) is 1.21. The number of carbonyl (C=O) groups excluding carboxylic acids is 2. The number of hydrogen-bond donors (Lipinski definition) is 0. The molecule has 0 spiro atoms. The number of carbonyl (C=O) groups is 2. The molecule has 0 unspecified atom stereocenters. The number of rotatable bonds is 4. The van der Waals surface area contributed by atoms with Gasteiger partial charge in [-0.15, -0.1) is 0 Å². The van der Waals surface area contributed by atoms with Gasteiger partial charge < -0.3 is 9.64 Å². The number of likely N-dealkylation sites (tertiary alicyclic amines) is 1. The van der Waals surface area contributed by atoms with E-state index in [4.69, 9.17) is 4.74 Å². The Labute approximate surface area is 141 Å². The van der Waals surface area contributed by atoms with Gasteiger partial charge in [-0.05, 0) is 49.2 Å². The highest BCUT2D eigenvalue weighted by Gasteiger charge is 2.28. The lowest BCUT2D eigenvalue weighted by Gasteiger charge is -2.31. The van der Waals surface area contributed by atoms with Crippen LogP contribution in [0.5, 0.6) is 5.75 Å². The Bertz CT molecular complexity index is 705. The summed E-state index contributed by atoms with van der Waals surface area (Å²) in [7, 11) is 1.60. The van der Waals surface area contributed by atoms with Crippen LogP contribution >= 0.6 is 0 Å². The molecular weight excluding hydrogens is 304 g/mol. The van der Waals surface area contributed by atoms with Crippen molar-refractivity contribution in [2.75, 3.05) is 20.2 Å². The van der Waals surface area contributed by atoms with Crippen LogP contribution in [0.3, 0.4) is 0 Å². The molecule has 0 aliphatic carbocycles. The zero-order valence-corrected chi connectivity index (χ0v) is 13.6. The van der Waals surface area contributed by atoms with E-state index in [-0.39, 0.29) is 17.6 Å². The Kier molecular flexibility index (Phi) is 4.89. The van der Waals surface area contributed by atoms with Crippen LogP contribution in [-0.2, 0) is 0 Å². The van der Waals surface area contributed by atoms with Crippen LogP contribution < -0.4 is 4.74 Å². The minimum Gasteiger partial charge on any atom is -0.497 e. The number of pyridine rings is 1. The molecule has 2 aromatic rings. The number of methoxy groups -OCH3 is 1. The summed E-state index contributed by atoms with van der Waals surface area (Å²) in [5, 5.41) is 0. The number of ketones is 1. The van der Waals surface area contributed by atoms with Gasteiger partial charge in [0.25, 0.3) is 5.91 Å². The smallest absolute Gasteiger partial charge is 0.253 e. The lowest BCUT2D eigenvalue weighted by atomic mass is 9.88. The van der Waals surface area contributed by atoms with Crippen molar-refractivity contribution >= 4 is 11.7 Å². The fourth-order valence-corrected chi connectivity index (χ4v) is 3.01. The van der Waals surface area contributed by atoms with Gasteiger partial charge in [-0.25, -0.2) is 0 Å². The Balaban J connectivity index is 1.60. The van der Waals surface area contributed by atoms with E-state index in [2.05, 4.69) is 4.98 Å². The van der Waals surface area contributed by atoms with Crippen LogP contribution in [0, 0.1) is 5.92 Å². The number of aromatic nitrogens is 1. The van der Waals surface area contributed by atoms with Crippen molar-refractivity contribution in [2.24, 2.45) is 5.92 Å². The van der Waals surface area contributed by atoms with Crippen molar-refractivity contribution in [1.82, 2.24) is 9.88 Å². The van der Waals surface area contributed by atoms with Crippen molar-refractivity contribution in [3.05, 3.63) is 59.9 Å². The molecule has 1 fully saturated rings. The number of benzene rings is 1. The van der Waals surface area contributed by atoms with Crippen LogP contribution in [0.25, 0.3) is 0 Å². The molecule has 1 aromatic carbocycles. The third-order valence-electron chi connectivity index (χ3n) is 4.45. The maximum absolute atomic E-state index is 12.6. The first-order valence-corrected chi connectivity index (χ1v) is 8.06. The maximum Gasteiger partial charge on any atom is 0.253 e. The molecule has 1 saturated heterocycles. The normalized spacial score (nSPS) is 15.1. The van der Waals surface area contributed by atoms with Gasteiger partial charge in [0, 0.05) is 42.5 Å². The fraction of sp³-hybridized carbons (Fsp3) is 0.316. The summed E-state index contributed by atoms with van der Waals surface area (Å²) in [5.74, 6) is 0.866. The second-order valence-electron chi connectivity index (χ2n) is 5.90. The molecule has 5 heteroatoms. The number of ether oxygens (including phenoxy) is 1. The van der Waals surface area contributed by atoms with Gasteiger partial charge in [-0.1, -0.05) is 0 Å². The van der Waals surface area contributed by atoms with Crippen LogP contribution in [0.4, 0.5) is 0 Å². The Morgan fingerprint density at radius 1 is 1.00 bits per heavy atom. The number of nitrogens with zero attached hydrogens (tertiary/aromatic N) is 2. The van der Waals surface area contributed by atoms with Crippen molar-refractivity contribution in [3.63, 3.8) is 0 Å². The summed E-state index contributed by atoms with van der Waals surface area (Å²) in [4.78, 5) is 30.8. The average molecular weight is 324 g/mol. The monoisotopic (exact) mass is 324 g/mol. The molecule has 24 heavy (non-hydrogen) atoms. The van der Waals surface area contributed by atoms with Crippen LogP contribution in [0.2, 0.25) is 0 Å². The number of hydrogen-bond acceptors (Lipinski definition) is 4. The quantitative estimate of drug-likeness (QED) is 0.812. The van der Waals surface area contributed by atoms with Gasteiger partial charge in [0.05, 0.1) is 7.11 Å². The molecule has 1 aliphatic heterocycles. The number of amides is 1. The van der Waals surface area contributed by atoms with Crippen molar-refractivity contribution in [2.45, 2.75) is 12.8 Å². The van der Waals surface area contributed by atoms with E-state index in [1.54, 1.807) is 55.9 Å². The average Bonchev–Trinajstić information content (AvgIpc) is 2.68. The third-order valence-corrected chi connectivity index (χ3v) is 4.45. The van der Waals surface area contributed by atoms with Gasteiger partial charge in [0.1, 0.15) is 5.75 Å². The van der Waals surface area contributed by atoms with Crippen LogP contribution in [0.15, 0.2) is 48.8 Å². The number of piperidine rings is 1. The third kappa shape index (κ3) is 3.45. The first-order chi connectivity index (χ1) is 11.7. The minimum absolute atomic E-state index is 0.00717. The SMILES string of the molecule is COc1ccc(C(=O)C2CCN(C(=O)c3ccncc3)CC2)cc1. The highest BCUT2D eigenvalue weighted by molar-refractivity contribution is 5.98. The number of Topliss-reactive ketones (excluding diaryl/α,β-unsaturated/α-hetero) is 1. The molecule has 0 radical (unpaired) electrons. The van der Waals surface area contributed by atoms with Gasteiger partial charge >= 0.3 is 0 Å².